The first-order valence-electron chi connectivity index (χ1n) is 9.33. The average molecular weight is 358 g/mol. The van der Waals surface area contributed by atoms with Gasteiger partial charge in [-0.05, 0) is 62.6 Å². The van der Waals surface area contributed by atoms with E-state index in [0.29, 0.717) is 6.54 Å². The molecule has 0 N–H and O–H groups in total. The van der Waals surface area contributed by atoms with Gasteiger partial charge in [0.05, 0.1) is 11.4 Å². The molecule has 3 rings (SSSR count). The maximum absolute atomic E-state index is 13.8. The van der Waals surface area contributed by atoms with Gasteiger partial charge in [0, 0.05) is 12.2 Å². The number of anilines is 3. The van der Waals surface area contributed by atoms with E-state index >= 15 is 0 Å². The highest BCUT2D eigenvalue weighted by Gasteiger charge is 2.26. The molecule has 0 aliphatic rings. The summed E-state index contributed by atoms with van der Waals surface area (Å²) >= 11 is 0. The Bertz CT molecular complexity index is 903. The summed E-state index contributed by atoms with van der Waals surface area (Å²) in [7, 11) is 0. The van der Waals surface area contributed by atoms with Crippen molar-refractivity contribution in [1.82, 2.24) is 0 Å². The van der Waals surface area contributed by atoms with Gasteiger partial charge >= 0.3 is 6.03 Å². The Labute approximate surface area is 161 Å². The van der Waals surface area contributed by atoms with E-state index in [4.69, 9.17) is 0 Å². The van der Waals surface area contributed by atoms with E-state index in [9.17, 15) is 4.79 Å². The number of nitrogens with zero attached hydrogens (tertiary/aromatic N) is 2. The van der Waals surface area contributed by atoms with Gasteiger partial charge in [-0.15, -0.1) is 0 Å². The fourth-order valence-corrected chi connectivity index (χ4v) is 3.36. The molecule has 0 aliphatic carbocycles. The van der Waals surface area contributed by atoms with Gasteiger partial charge in [0.25, 0.3) is 0 Å². The van der Waals surface area contributed by atoms with Crippen LogP contribution in [0.5, 0.6) is 0 Å². The molecule has 3 nitrogen and oxygen atoms in total. The second kappa shape index (κ2) is 8.09. The molecule has 0 saturated carbocycles. The summed E-state index contributed by atoms with van der Waals surface area (Å²) in [5.41, 5.74) is 5.97. The van der Waals surface area contributed by atoms with Gasteiger partial charge in [0.1, 0.15) is 0 Å². The topological polar surface area (TPSA) is 23.6 Å². The quantitative estimate of drug-likeness (QED) is 0.529. The van der Waals surface area contributed by atoms with Crippen molar-refractivity contribution >= 4 is 23.1 Å². The van der Waals surface area contributed by atoms with Crippen LogP contribution in [0.4, 0.5) is 21.9 Å². The molecule has 3 heteroatoms. The molecule has 0 unspecified atom stereocenters. The van der Waals surface area contributed by atoms with Crippen LogP contribution in [0.1, 0.15) is 23.6 Å². The molecular formula is C24H26N2O. The van der Waals surface area contributed by atoms with E-state index in [1.807, 2.05) is 110 Å². The summed E-state index contributed by atoms with van der Waals surface area (Å²) in [4.78, 5) is 17.5. The minimum atomic E-state index is -0.0459. The molecule has 3 aromatic carbocycles. The molecule has 0 radical (unpaired) electrons. The highest BCUT2D eigenvalue weighted by molar-refractivity contribution is 6.09. The van der Waals surface area contributed by atoms with Crippen LogP contribution < -0.4 is 9.80 Å². The predicted octanol–water partition coefficient (Wildman–Crippen LogP) is 6.40. The van der Waals surface area contributed by atoms with Crippen molar-refractivity contribution in [2.24, 2.45) is 0 Å². The van der Waals surface area contributed by atoms with Crippen molar-refractivity contribution < 1.29 is 4.79 Å². The summed E-state index contributed by atoms with van der Waals surface area (Å²) in [6.07, 6.45) is 0. The summed E-state index contributed by atoms with van der Waals surface area (Å²) in [5, 5.41) is 0. The van der Waals surface area contributed by atoms with Crippen LogP contribution in [-0.2, 0) is 0 Å². The number of carbonyl (C=O) groups is 1. The number of amides is 2. The lowest BCUT2D eigenvalue weighted by molar-refractivity contribution is 0.253. The fraction of sp³-hybridized carbons (Fsp3) is 0.208. The van der Waals surface area contributed by atoms with Crippen molar-refractivity contribution in [3.05, 3.63) is 89.5 Å². The maximum atomic E-state index is 13.8. The van der Waals surface area contributed by atoms with E-state index in [1.54, 1.807) is 0 Å². The number of urea groups is 1. The van der Waals surface area contributed by atoms with Crippen molar-refractivity contribution in [2.75, 3.05) is 16.3 Å². The lowest BCUT2D eigenvalue weighted by atomic mass is 10.1. The minimum Gasteiger partial charge on any atom is -0.294 e. The number of para-hydroxylation sites is 3. The first-order valence-corrected chi connectivity index (χ1v) is 9.33. The van der Waals surface area contributed by atoms with Crippen LogP contribution in [0.3, 0.4) is 0 Å². The smallest absolute Gasteiger partial charge is 0.294 e. The molecule has 3 aromatic rings. The Morgan fingerprint density at radius 1 is 0.667 bits per heavy atom. The summed E-state index contributed by atoms with van der Waals surface area (Å²) < 4.78 is 0. The third-order valence-electron chi connectivity index (χ3n) is 4.86. The third kappa shape index (κ3) is 3.72. The number of carbonyl (C=O) groups excluding carboxylic acids is 1. The van der Waals surface area contributed by atoms with Gasteiger partial charge in [0.2, 0.25) is 0 Å². The van der Waals surface area contributed by atoms with Gasteiger partial charge in [0.15, 0.2) is 0 Å². The van der Waals surface area contributed by atoms with E-state index in [0.717, 1.165) is 33.8 Å². The zero-order valence-corrected chi connectivity index (χ0v) is 16.4. The second-order valence-corrected chi connectivity index (χ2v) is 6.72. The number of benzene rings is 3. The zero-order valence-electron chi connectivity index (χ0n) is 16.4. The number of hydrogen-bond donors (Lipinski definition) is 0. The van der Waals surface area contributed by atoms with E-state index in [-0.39, 0.29) is 6.03 Å². The van der Waals surface area contributed by atoms with Gasteiger partial charge in [-0.3, -0.25) is 9.80 Å². The van der Waals surface area contributed by atoms with Crippen LogP contribution in [0, 0.1) is 20.8 Å². The van der Waals surface area contributed by atoms with Crippen LogP contribution in [0.15, 0.2) is 72.8 Å². The lowest BCUT2D eigenvalue weighted by Crippen LogP contribution is -2.42. The van der Waals surface area contributed by atoms with Crippen LogP contribution in [-0.4, -0.2) is 12.6 Å². The number of aryl methyl sites for hydroxylation is 3. The minimum absolute atomic E-state index is 0.0459. The summed E-state index contributed by atoms with van der Waals surface area (Å²) in [6.45, 7) is 8.73. The Morgan fingerprint density at radius 2 is 1.04 bits per heavy atom. The first kappa shape index (κ1) is 18.7. The lowest BCUT2D eigenvalue weighted by Gasteiger charge is -2.32. The standard InChI is InChI=1S/C24H26N2O/c1-5-25(21-15-9-6-12-18(21)2)24(27)26(22-16-10-7-13-19(22)3)23-17-11-8-14-20(23)4/h6-17H,5H2,1-4H3. The molecule has 0 saturated heterocycles. The molecule has 138 valence electrons. The van der Waals surface area contributed by atoms with Crippen LogP contribution in [0.2, 0.25) is 0 Å². The number of hydrogen-bond acceptors (Lipinski definition) is 1. The molecule has 27 heavy (non-hydrogen) atoms. The highest BCUT2D eigenvalue weighted by Crippen LogP contribution is 2.33. The molecule has 0 aromatic heterocycles. The molecule has 0 atom stereocenters. The molecule has 0 bridgehead atoms. The first-order chi connectivity index (χ1) is 13.0. The van der Waals surface area contributed by atoms with Crippen molar-refractivity contribution in [2.45, 2.75) is 27.7 Å². The summed E-state index contributed by atoms with van der Waals surface area (Å²) in [6, 6.07) is 24.0. The summed E-state index contributed by atoms with van der Waals surface area (Å²) in [5.74, 6) is 0. The van der Waals surface area contributed by atoms with Crippen LogP contribution >= 0.6 is 0 Å². The van der Waals surface area contributed by atoms with Gasteiger partial charge in [-0.2, -0.15) is 0 Å². The SMILES string of the molecule is CCN(C(=O)N(c1ccccc1C)c1ccccc1C)c1ccccc1C. The Balaban J connectivity index is 2.16. The molecule has 0 fully saturated rings. The van der Waals surface area contributed by atoms with E-state index in [2.05, 4.69) is 0 Å². The van der Waals surface area contributed by atoms with Crippen molar-refractivity contribution in [3.8, 4) is 0 Å². The number of rotatable bonds is 4. The molecule has 2 amide bonds. The van der Waals surface area contributed by atoms with Gasteiger partial charge in [-0.1, -0.05) is 54.6 Å². The normalized spacial score (nSPS) is 10.5. The molecule has 0 spiro atoms. The second-order valence-electron chi connectivity index (χ2n) is 6.72. The molecule has 0 aliphatic heterocycles. The molecular weight excluding hydrogens is 332 g/mol. The highest BCUT2D eigenvalue weighted by atomic mass is 16.2. The predicted molar refractivity (Wildman–Crippen MR) is 114 cm³/mol. The van der Waals surface area contributed by atoms with E-state index < -0.39 is 0 Å². The average Bonchev–Trinajstić information content (AvgIpc) is 2.67. The zero-order chi connectivity index (χ0) is 19.4. The van der Waals surface area contributed by atoms with E-state index in [1.165, 1.54) is 0 Å². The Kier molecular flexibility index (Phi) is 5.60. The largest absolute Gasteiger partial charge is 0.333 e. The van der Waals surface area contributed by atoms with Crippen molar-refractivity contribution in [3.63, 3.8) is 0 Å². The Morgan fingerprint density at radius 3 is 1.41 bits per heavy atom. The Hall–Kier alpha value is -3.07. The van der Waals surface area contributed by atoms with Crippen molar-refractivity contribution in [1.29, 1.82) is 0 Å². The third-order valence-corrected chi connectivity index (χ3v) is 4.86. The van der Waals surface area contributed by atoms with Crippen LogP contribution in [0.25, 0.3) is 0 Å². The monoisotopic (exact) mass is 358 g/mol. The fourth-order valence-electron chi connectivity index (χ4n) is 3.36. The van der Waals surface area contributed by atoms with Gasteiger partial charge < -0.3 is 0 Å². The maximum Gasteiger partial charge on any atom is 0.333 e. The molecule has 0 heterocycles. The van der Waals surface area contributed by atoms with Gasteiger partial charge in [-0.25, -0.2) is 4.79 Å².